The zero-order valence-electron chi connectivity index (χ0n) is 20.0. The monoisotopic (exact) mass is 501 g/mol. The van der Waals surface area contributed by atoms with Gasteiger partial charge < -0.3 is 39.6 Å². The predicted molar refractivity (Wildman–Crippen MR) is 130 cm³/mol. The number of para-hydroxylation sites is 1. The number of rotatable bonds is 2. The standard InChI is InChI=1S/C25H31N3O8/c29-22-17-35-20-7-4-8-21(24(20)28-25(31)19-5-2-1-3-6-19)36-18-23(30)27-10-12-33-14-16-34-15-13-32-11-9-26-22/h1-8H,9-18H2,(H,26,29)(H,27,30)(H,28,31). The van der Waals surface area contributed by atoms with Crippen molar-refractivity contribution in [2.75, 3.05) is 71.3 Å². The summed E-state index contributed by atoms with van der Waals surface area (Å²) in [6, 6.07) is 13.4. The first kappa shape index (κ1) is 26.9. The van der Waals surface area contributed by atoms with E-state index in [0.717, 1.165) is 0 Å². The molecule has 1 aliphatic rings. The van der Waals surface area contributed by atoms with Gasteiger partial charge in [-0.15, -0.1) is 0 Å². The van der Waals surface area contributed by atoms with E-state index < -0.39 is 5.91 Å². The Morgan fingerprint density at radius 3 is 1.69 bits per heavy atom. The van der Waals surface area contributed by atoms with Gasteiger partial charge in [-0.3, -0.25) is 14.4 Å². The summed E-state index contributed by atoms with van der Waals surface area (Å²) < 4.78 is 27.6. The van der Waals surface area contributed by atoms with Crippen molar-refractivity contribution in [3.8, 4) is 11.5 Å². The van der Waals surface area contributed by atoms with E-state index in [0.29, 0.717) is 58.3 Å². The van der Waals surface area contributed by atoms with Gasteiger partial charge in [0.05, 0.1) is 39.6 Å². The molecule has 2 bridgehead atoms. The third-order valence-electron chi connectivity index (χ3n) is 4.86. The third kappa shape index (κ3) is 9.53. The van der Waals surface area contributed by atoms with Gasteiger partial charge in [-0.05, 0) is 24.3 Å². The zero-order chi connectivity index (χ0) is 25.4. The summed E-state index contributed by atoms with van der Waals surface area (Å²) in [4.78, 5) is 37.3. The van der Waals surface area contributed by atoms with Crippen LogP contribution in [0.25, 0.3) is 0 Å². The third-order valence-corrected chi connectivity index (χ3v) is 4.86. The Hall–Kier alpha value is -3.67. The van der Waals surface area contributed by atoms with Crippen molar-refractivity contribution in [3.05, 3.63) is 54.1 Å². The van der Waals surface area contributed by atoms with Crippen LogP contribution in [0.5, 0.6) is 11.5 Å². The molecule has 3 amide bonds. The molecule has 0 aliphatic carbocycles. The molecule has 0 aromatic heterocycles. The molecule has 1 heterocycles. The molecule has 0 saturated heterocycles. The molecule has 0 unspecified atom stereocenters. The minimum Gasteiger partial charge on any atom is -0.481 e. The second-order valence-corrected chi connectivity index (χ2v) is 7.56. The average Bonchev–Trinajstić information content (AvgIpc) is 2.89. The molecule has 1 aliphatic heterocycles. The minimum absolute atomic E-state index is 0.209. The van der Waals surface area contributed by atoms with Gasteiger partial charge in [0.25, 0.3) is 17.7 Å². The van der Waals surface area contributed by atoms with E-state index in [1.807, 2.05) is 0 Å². The molecular weight excluding hydrogens is 470 g/mol. The van der Waals surface area contributed by atoms with Gasteiger partial charge in [0.15, 0.2) is 13.2 Å². The fourth-order valence-corrected chi connectivity index (χ4v) is 3.11. The summed E-state index contributed by atoms with van der Waals surface area (Å²) in [5.41, 5.74) is 0.632. The fourth-order valence-electron chi connectivity index (χ4n) is 3.11. The molecule has 0 fully saturated rings. The Morgan fingerprint density at radius 1 is 0.667 bits per heavy atom. The van der Waals surface area contributed by atoms with E-state index >= 15 is 0 Å². The smallest absolute Gasteiger partial charge is 0.258 e. The lowest BCUT2D eigenvalue weighted by Gasteiger charge is -2.17. The number of hydrogen-bond donors (Lipinski definition) is 3. The molecule has 11 nitrogen and oxygen atoms in total. The Morgan fingerprint density at radius 2 is 1.17 bits per heavy atom. The second-order valence-electron chi connectivity index (χ2n) is 7.56. The zero-order valence-corrected chi connectivity index (χ0v) is 20.0. The van der Waals surface area contributed by atoms with Crippen LogP contribution >= 0.6 is 0 Å². The number of carbonyl (C=O) groups is 3. The SMILES string of the molecule is O=C1COc2cccc(c2NC(=O)c2ccccc2)OCC(=O)NCCOCCOCCOCCN1. The van der Waals surface area contributed by atoms with Crippen molar-refractivity contribution >= 4 is 23.4 Å². The van der Waals surface area contributed by atoms with Crippen molar-refractivity contribution in [3.63, 3.8) is 0 Å². The quantitative estimate of drug-likeness (QED) is 0.555. The number of benzene rings is 2. The van der Waals surface area contributed by atoms with Crippen LogP contribution in [-0.2, 0) is 23.8 Å². The van der Waals surface area contributed by atoms with Crippen molar-refractivity contribution in [1.29, 1.82) is 0 Å². The summed E-state index contributed by atoms with van der Waals surface area (Å²) in [6.45, 7) is 2.27. The van der Waals surface area contributed by atoms with Crippen molar-refractivity contribution in [2.45, 2.75) is 0 Å². The molecule has 3 rings (SSSR count). The van der Waals surface area contributed by atoms with Gasteiger partial charge in [-0.1, -0.05) is 24.3 Å². The molecule has 0 atom stereocenters. The van der Waals surface area contributed by atoms with E-state index in [4.69, 9.17) is 23.7 Å². The summed E-state index contributed by atoms with van der Waals surface area (Å²) in [5.74, 6) is -0.682. The molecule has 0 saturated carbocycles. The van der Waals surface area contributed by atoms with E-state index in [1.165, 1.54) is 0 Å². The molecule has 194 valence electrons. The first-order valence-electron chi connectivity index (χ1n) is 11.6. The minimum atomic E-state index is -0.398. The normalized spacial score (nSPS) is 17.1. The van der Waals surface area contributed by atoms with Crippen LogP contribution in [0.4, 0.5) is 5.69 Å². The largest absolute Gasteiger partial charge is 0.481 e. The average molecular weight is 502 g/mol. The van der Waals surface area contributed by atoms with Crippen LogP contribution in [-0.4, -0.2) is 83.7 Å². The van der Waals surface area contributed by atoms with Crippen LogP contribution in [0.1, 0.15) is 10.4 Å². The summed E-state index contributed by atoms with van der Waals surface area (Å²) in [7, 11) is 0. The first-order valence-corrected chi connectivity index (χ1v) is 11.6. The van der Waals surface area contributed by atoms with Gasteiger partial charge in [-0.2, -0.15) is 0 Å². The highest BCUT2D eigenvalue weighted by Crippen LogP contribution is 2.35. The Labute approximate surface area is 209 Å². The second kappa shape index (κ2) is 15.4. The van der Waals surface area contributed by atoms with Crippen LogP contribution in [0.3, 0.4) is 0 Å². The predicted octanol–water partition coefficient (Wildman–Crippen LogP) is 0.992. The number of anilines is 1. The van der Waals surface area contributed by atoms with E-state index in [1.54, 1.807) is 48.5 Å². The molecule has 36 heavy (non-hydrogen) atoms. The van der Waals surface area contributed by atoms with Crippen molar-refractivity contribution in [1.82, 2.24) is 10.6 Å². The van der Waals surface area contributed by atoms with E-state index in [9.17, 15) is 14.4 Å². The maximum Gasteiger partial charge on any atom is 0.258 e. The lowest BCUT2D eigenvalue weighted by Crippen LogP contribution is -2.32. The van der Waals surface area contributed by atoms with Gasteiger partial charge in [0.2, 0.25) is 0 Å². The lowest BCUT2D eigenvalue weighted by molar-refractivity contribution is -0.123. The number of amides is 3. The van der Waals surface area contributed by atoms with Crippen LogP contribution in [0.15, 0.2) is 48.5 Å². The number of hydrogen-bond acceptors (Lipinski definition) is 8. The first-order chi connectivity index (χ1) is 17.6. The maximum absolute atomic E-state index is 12.8. The molecule has 3 N–H and O–H groups in total. The van der Waals surface area contributed by atoms with Crippen LogP contribution in [0.2, 0.25) is 0 Å². The van der Waals surface area contributed by atoms with Crippen LogP contribution in [0, 0.1) is 0 Å². The highest BCUT2D eigenvalue weighted by Gasteiger charge is 2.17. The Balaban J connectivity index is 1.71. The molecule has 11 heteroatoms. The maximum atomic E-state index is 12.8. The molecule has 0 radical (unpaired) electrons. The number of fused-ring (bicyclic) bond motifs is 2. The fraction of sp³-hybridized carbons (Fsp3) is 0.400. The molecular formula is C25H31N3O8. The topological polar surface area (TPSA) is 133 Å². The van der Waals surface area contributed by atoms with Gasteiger partial charge in [0, 0.05) is 18.7 Å². The van der Waals surface area contributed by atoms with Crippen molar-refractivity contribution in [2.24, 2.45) is 0 Å². The summed E-state index contributed by atoms with van der Waals surface area (Å²) in [6.07, 6.45) is 0. The summed E-state index contributed by atoms with van der Waals surface area (Å²) >= 11 is 0. The van der Waals surface area contributed by atoms with Gasteiger partial charge in [0.1, 0.15) is 17.2 Å². The number of ether oxygens (including phenoxy) is 5. The Kier molecular flexibility index (Phi) is 11.5. The van der Waals surface area contributed by atoms with Crippen LogP contribution < -0.4 is 25.4 Å². The molecule has 0 spiro atoms. The summed E-state index contributed by atoms with van der Waals surface area (Å²) in [5, 5.41) is 8.17. The highest BCUT2D eigenvalue weighted by atomic mass is 16.5. The molecule has 2 aromatic rings. The van der Waals surface area contributed by atoms with E-state index in [2.05, 4.69) is 16.0 Å². The van der Waals surface area contributed by atoms with E-state index in [-0.39, 0.29) is 42.2 Å². The van der Waals surface area contributed by atoms with Gasteiger partial charge >= 0.3 is 0 Å². The number of carbonyl (C=O) groups excluding carboxylic acids is 3. The Bertz CT molecular complexity index is 938. The van der Waals surface area contributed by atoms with Gasteiger partial charge in [-0.25, -0.2) is 0 Å². The highest BCUT2D eigenvalue weighted by molar-refractivity contribution is 6.06. The van der Waals surface area contributed by atoms with Crippen molar-refractivity contribution < 1.29 is 38.1 Å². The molecule has 2 aromatic carbocycles. The lowest BCUT2D eigenvalue weighted by atomic mass is 10.2. The number of nitrogens with one attached hydrogen (secondary N) is 3.